The van der Waals surface area contributed by atoms with Gasteiger partial charge < -0.3 is 0 Å². The Labute approximate surface area is 129 Å². The Morgan fingerprint density at radius 2 is 1.45 bits per heavy atom. The molecule has 2 radical (unpaired) electrons. The molecule has 3 nitrogen and oxygen atoms in total. The van der Waals surface area contributed by atoms with Crippen molar-refractivity contribution in [2.75, 3.05) is 0 Å². The summed E-state index contributed by atoms with van der Waals surface area (Å²) in [4.78, 5) is 3.93. The van der Waals surface area contributed by atoms with Gasteiger partial charge >= 0.3 is 0 Å². The maximum atomic E-state index is 13.1. The highest BCUT2D eigenvalue weighted by molar-refractivity contribution is 6.37. The summed E-state index contributed by atoms with van der Waals surface area (Å²) in [5.74, 6) is -0.526. The van der Waals surface area contributed by atoms with Crippen LogP contribution in [0.2, 0.25) is 0 Å². The molecule has 1 aromatic heterocycles. The van der Waals surface area contributed by atoms with Crippen LogP contribution >= 0.6 is 0 Å². The third-order valence-electron chi connectivity index (χ3n) is 3.33. The molecule has 1 heterocycles. The number of nitrogens with zero attached hydrogens (tertiary/aromatic N) is 3. The summed E-state index contributed by atoms with van der Waals surface area (Å²) in [5.41, 5.74) is 2.09. The van der Waals surface area contributed by atoms with Crippen molar-refractivity contribution >= 4 is 9.52 Å². The molecule has 110 valence electrons. The molecule has 3 rings (SSSR count). The number of rotatable bonds is 5. The summed E-state index contributed by atoms with van der Waals surface area (Å²) in [6, 6.07) is 12.9. The molecule has 0 fully saturated rings. The topological polar surface area (TPSA) is 30.7 Å². The first-order valence-corrected chi connectivity index (χ1v) is 8.07. The number of halogens is 2. The minimum Gasteiger partial charge on any atom is -0.256 e. The van der Waals surface area contributed by atoms with Gasteiger partial charge in [0.25, 0.3) is 0 Å². The summed E-state index contributed by atoms with van der Waals surface area (Å²) >= 11 is 0. The van der Waals surface area contributed by atoms with Gasteiger partial charge in [0.05, 0.1) is 9.52 Å². The summed E-state index contributed by atoms with van der Waals surface area (Å²) in [6.07, 6.45) is 3.87. The molecule has 0 saturated heterocycles. The molecule has 0 aliphatic rings. The van der Waals surface area contributed by atoms with Crippen molar-refractivity contribution in [3.8, 4) is 0 Å². The molecule has 0 amide bonds. The van der Waals surface area contributed by atoms with E-state index in [2.05, 4.69) is 10.1 Å². The van der Waals surface area contributed by atoms with Crippen LogP contribution in [-0.4, -0.2) is 24.3 Å². The van der Waals surface area contributed by atoms with Crippen LogP contribution in [0.1, 0.15) is 16.7 Å². The van der Waals surface area contributed by atoms with Crippen molar-refractivity contribution in [2.24, 2.45) is 0 Å². The van der Waals surface area contributed by atoms with E-state index in [-0.39, 0.29) is 17.2 Å². The van der Waals surface area contributed by atoms with Crippen LogP contribution < -0.4 is 0 Å². The molecule has 0 spiro atoms. The second-order valence-corrected chi connectivity index (χ2v) is 6.14. The summed E-state index contributed by atoms with van der Waals surface area (Å²) in [6.45, 7) is 0. The fourth-order valence-corrected chi connectivity index (χ4v) is 3.63. The first kappa shape index (κ1) is 14.6. The molecule has 0 bridgehead atoms. The van der Waals surface area contributed by atoms with E-state index in [1.165, 1.54) is 30.6 Å². The number of benzene rings is 2. The zero-order valence-corrected chi connectivity index (χ0v) is 12.7. The van der Waals surface area contributed by atoms with Crippen molar-refractivity contribution in [1.82, 2.24) is 14.8 Å². The molecular formula is C16H13F2N3Si. The highest BCUT2D eigenvalue weighted by Gasteiger charge is 2.16. The van der Waals surface area contributed by atoms with Gasteiger partial charge in [-0.15, -0.1) is 0 Å². The molecule has 0 aliphatic carbocycles. The van der Waals surface area contributed by atoms with Crippen LogP contribution in [0, 0.1) is 11.6 Å². The third-order valence-corrected chi connectivity index (χ3v) is 4.91. The fourth-order valence-electron chi connectivity index (χ4n) is 2.24. The highest BCUT2D eigenvalue weighted by Crippen LogP contribution is 2.24. The molecule has 6 heteroatoms. The maximum Gasteiger partial charge on any atom is 0.137 e. The van der Waals surface area contributed by atoms with Crippen LogP contribution in [-0.2, 0) is 6.17 Å². The van der Waals surface area contributed by atoms with E-state index < -0.39 is 0 Å². The molecule has 2 aromatic carbocycles. The van der Waals surface area contributed by atoms with E-state index in [0.29, 0.717) is 15.7 Å². The van der Waals surface area contributed by atoms with Crippen LogP contribution in [0.3, 0.4) is 0 Å². The second kappa shape index (κ2) is 6.61. The van der Waals surface area contributed by atoms with Crippen LogP contribution in [0.5, 0.6) is 0 Å². The molecule has 3 aromatic rings. The van der Waals surface area contributed by atoms with E-state index in [9.17, 15) is 8.78 Å². The van der Waals surface area contributed by atoms with Crippen molar-refractivity contribution in [3.05, 3.63) is 83.9 Å². The SMILES string of the molecule is Fc1ccc(C([Si]Cn2cncn2)c2ccc(F)cc2)cc1. The van der Waals surface area contributed by atoms with Crippen molar-refractivity contribution in [1.29, 1.82) is 0 Å². The van der Waals surface area contributed by atoms with Crippen molar-refractivity contribution < 1.29 is 8.78 Å². The Hall–Kier alpha value is -2.34. The Morgan fingerprint density at radius 1 is 0.909 bits per heavy atom. The number of hydrogen-bond donors (Lipinski definition) is 0. The normalized spacial score (nSPS) is 11.0. The summed E-state index contributed by atoms with van der Waals surface area (Å²) < 4.78 is 28.1. The lowest BCUT2D eigenvalue weighted by Crippen LogP contribution is -2.17. The zero-order chi connectivity index (χ0) is 15.4. The fraction of sp³-hybridized carbons (Fsp3) is 0.125. The lowest BCUT2D eigenvalue weighted by atomic mass is 10.0. The standard InChI is InChI=1S/C16H13F2N3Si/c17-14-5-1-12(2-6-14)16(13-3-7-15(18)8-4-13)22-11-21-10-19-9-20-21/h1-10,16H,11H2. The second-order valence-electron chi connectivity index (χ2n) is 4.83. The zero-order valence-electron chi connectivity index (χ0n) is 11.7. The predicted octanol–water partition coefficient (Wildman–Crippen LogP) is 3.01. The van der Waals surface area contributed by atoms with Gasteiger partial charge in [0.15, 0.2) is 0 Å². The minimum atomic E-state index is -0.263. The van der Waals surface area contributed by atoms with Crippen LogP contribution in [0.4, 0.5) is 8.78 Å². The number of aromatic nitrogens is 3. The van der Waals surface area contributed by atoms with Crippen LogP contribution in [0.15, 0.2) is 61.2 Å². The predicted molar refractivity (Wildman–Crippen MR) is 80.4 cm³/mol. The van der Waals surface area contributed by atoms with E-state index >= 15 is 0 Å². The van der Waals surface area contributed by atoms with Gasteiger partial charge in [-0.25, -0.2) is 13.8 Å². The monoisotopic (exact) mass is 313 g/mol. The Morgan fingerprint density at radius 3 is 1.91 bits per heavy atom. The van der Waals surface area contributed by atoms with Gasteiger partial charge in [0.1, 0.15) is 24.3 Å². The minimum absolute atomic E-state index is 0.0744. The van der Waals surface area contributed by atoms with Crippen molar-refractivity contribution in [2.45, 2.75) is 11.7 Å². The van der Waals surface area contributed by atoms with Gasteiger partial charge in [-0.3, -0.25) is 4.68 Å². The molecule has 0 atom stereocenters. The Bertz CT molecular complexity index is 667. The average Bonchev–Trinajstić information content (AvgIpc) is 3.04. The van der Waals surface area contributed by atoms with Gasteiger partial charge in [-0.1, -0.05) is 24.3 Å². The summed E-state index contributed by atoms with van der Waals surface area (Å²) in [7, 11) is 0.482. The van der Waals surface area contributed by atoms with Gasteiger partial charge in [-0.2, -0.15) is 5.10 Å². The Balaban J connectivity index is 1.87. The van der Waals surface area contributed by atoms with Gasteiger partial charge in [-0.05, 0) is 35.4 Å². The van der Waals surface area contributed by atoms with Crippen molar-refractivity contribution in [3.63, 3.8) is 0 Å². The average molecular weight is 313 g/mol. The van der Waals surface area contributed by atoms with Gasteiger partial charge in [0.2, 0.25) is 0 Å². The van der Waals surface area contributed by atoms with E-state index in [4.69, 9.17) is 0 Å². The summed E-state index contributed by atoms with van der Waals surface area (Å²) in [5, 5.41) is 4.10. The molecular weight excluding hydrogens is 300 g/mol. The smallest absolute Gasteiger partial charge is 0.137 e. The molecule has 0 aliphatic heterocycles. The molecule has 0 N–H and O–H groups in total. The van der Waals surface area contributed by atoms with E-state index in [1.54, 1.807) is 35.3 Å². The largest absolute Gasteiger partial charge is 0.256 e. The first-order valence-electron chi connectivity index (χ1n) is 6.79. The molecule has 0 saturated carbocycles. The number of hydrogen-bond acceptors (Lipinski definition) is 2. The maximum absolute atomic E-state index is 13.1. The van der Waals surface area contributed by atoms with Crippen LogP contribution in [0.25, 0.3) is 0 Å². The molecule has 0 unspecified atom stereocenters. The van der Waals surface area contributed by atoms with E-state index in [0.717, 1.165) is 11.1 Å². The highest BCUT2D eigenvalue weighted by atomic mass is 28.2. The van der Waals surface area contributed by atoms with Gasteiger partial charge in [0, 0.05) is 11.7 Å². The Kier molecular flexibility index (Phi) is 4.39. The lowest BCUT2D eigenvalue weighted by Gasteiger charge is -2.17. The lowest BCUT2D eigenvalue weighted by molar-refractivity contribution is 0.626. The van der Waals surface area contributed by atoms with E-state index in [1.807, 2.05) is 0 Å². The first-order chi connectivity index (χ1) is 10.7. The quantitative estimate of drug-likeness (QED) is 0.678. The molecule has 22 heavy (non-hydrogen) atoms. The third kappa shape index (κ3) is 3.45.